The molecule has 1 aromatic carbocycles. The minimum absolute atomic E-state index is 0.163. The molecule has 0 atom stereocenters. The van der Waals surface area contributed by atoms with Crippen molar-refractivity contribution in [3.63, 3.8) is 0 Å². The fourth-order valence-electron chi connectivity index (χ4n) is 1.58. The summed E-state index contributed by atoms with van der Waals surface area (Å²) in [5.74, 6) is 0. The zero-order valence-corrected chi connectivity index (χ0v) is 11.9. The molecule has 0 spiro atoms. The second-order valence-corrected chi connectivity index (χ2v) is 6.19. The lowest BCUT2D eigenvalue weighted by molar-refractivity contribution is 0.132. The predicted molar refractivity (Wildman–Crippen MR) is 73.5 cm³/mol. The average molecular weight is 288 g/mol. The number of nitrogens with one attached hydrogen (secondary N) is 2. The Balaban J connectivity index is 2.94. The van der Waals surface area contributed by atoms with Gasteiger partial charge in [0, 0.05) is 5.69 Å². The van der Waals surface area contributed by atoms with Gasteiger partial charge in [0.25, 0.3) is 0 Å². The maximum absolute atomic E-state index is 11.6. The largest absolute Gasteiger partial charge is 0.394 e. The van der Waals surface area contributed by atoms with E-state index >= 15 is 0 Å². The van der Waals surface area contributed by atoms with Crippen LogP contribution >= 0.6 is 0 Å². The third kappa shape index (κ3) is 3.66. The van der Waals surface area contributed by atoms with E-state index in [0.29, 0.717) is 12.1 Å². The zero-order valence-electron chi connectivity index (χ0n) is 11.0. The smallest absolute Gasteiger partial charge is 0.240 e. The third-order valence-electron chi connectivity index (χ3n) is 3.12. The maximum atomic E-state index is 11.6. The van der Waals surface area contributed by atoms with E-state index < -0.39 is 15.6 Å². The Labute approximate surface area is 113 Å². The normalized spacial score (nSPS) is 12.4. The van der Waals surface area contributed by atoms with Crippen molar-refractivity contribution in [1.82, 2.24) is 4.72 Å². The highest BCUT2D eigenvalue weighted by atomic mass is 32.2. The summed E-state index contributed by atoms with van der Waals surface area (Å²) in [5.41, 5.74) is -0.163. The second kappa shape index (κ2) is 6.33. The summed E-state index contributed by atoms with van der Waals surface area (Å²) in [6.45, 7) is 1.42. The first kappa shape index (κ1) is 15.9. The van der Waals surface area contributed by atoms with E-state index in [1.165, 1.54) is 19.2 Å². The Bertz CT molecular complexity index is 487. The molecule has 0 aromatic heterocycles. The Morgan fingerprint density at radius 2 is 1.68 bits per heavy atom. The molecule has 1 rings (SSSR count). The van der Waals surface area contributed by atoms with Crippen LogP contribution in [0.25, 0.3) is 0 Å². The van der Waals surface area contributed by atoms with Crippen LogP contribution in [0.5, 0.6) is 0 Å². The molecule has 4 N–H and O–H groups in total. The second-order valence-electron chi connectivity index (χ2n) is 4.31. The molecule has 0 saturated carbocycles. The van der Waals surface area contributed by atoms with Crippen LogP contribution in [-0.2, 0) is 10.0 Å². The van der Waals surface area contributed by atoms with Gasteiger partial charge in [-0.15, -0.1) is 0 Å². The van der Waals surface area contributed by atoms with Crippen LogP contribution in [0.4, 0.5) is 5.69 Å². The fraction of sp³-hybridized carbons (Fsp3) is 0.500. The molecule has 0 aliphatic carbocycles. The topological polar surface area (TPSA) is 98.7 Å². The summed E-state index contributed by atoms with van der Waals surface area (Å²) in [7, 11) is -2.10. The molecule has 0 bridgehead atoms. The molecular weight excluding hydrogens is 268 g/mol. The van der Waals surface area contributed by atoms with Gasteiger partial charge in [-0.2, -0.15) is 0 Å². The highest BCUT2D eigenvalue weighted by Gasteiger charge is 2.26. The van der Waals surface area contributed by atoms with Crippen molar-refractivity contribution in [3.8, 4) is 0 Å². The van der Waals surface area contributed by atoms with Crippen LogP contribution in [0, 0.1) is 0 Å². The summed E-state index contributed by atoms with van der Waals surface area (Å²) in [4.78, 5) is 0.163. The predicted octanol–water partition coefficient (Wildman–Crippen LogP) is 0.140. The molecule has 1 aromatic rings. The van der Waals surface area contributed by atoms with Crippen molar-refractivity contribution in [2.24, 2.45) is 0 Å². The van der Waals surface area contributed by atoms with E-state index in [1.54, 1.807) is 12.1 Å². The molecule has 108 valence electrons. The number of hydrogen-bond acceptors (Lipinski definition) is 5. The van der Waals surface area contributed by atoms with E-state index in [1.807, 2.05) is 6.92 Å². The van der Waals surface area contributed by atoms with E-state index in [4.69, 9.17) is 0 Å². The van der Waals surface area contributed by atoms with Crippen LogP contribution in [0.3, 0.4) is 0 Å². The number of aliphatic hydroxyl groups is 2. The lowest BCUT2D eigenvalue weighted by Crippen LogP contribution is -2.45. The van der Waals surface area contributed by atoms with Gasteiger partial charge in [-0.05, 0) is 37.7 Å². The Morgan fingerprint density at radius 1 is 1.16 bits per heavy atom. The van der Waals surface area contributed by atoms with Gasteiger partial charge >= 0.3 is 0 Å². The van der Waals surface area contributed by atoms with Crippen LogP contribution in [0.15, 0.2) is 29.2 Å². The minimum atomic E-state index is -3.45. The van der Waals surface area contributed by atoms with Gasteiger partial charge < -0.3 is 15.5 Å². The van der Waals surface area contributed by atoms with Crippen LogP contribution in [0.1, 0.15) is 13.3 Å². The van der Waals surface area contributed by atoms with Crippen LogP contribution in [-0.4, -0.2) is 44.4 Å². The van der Waals surface area contributed by atoms with Crippen LogP contribution in [0.2, 0.25) is 0 Å². The first-order chi connectivity index (χ1) is 8.93. The van der Waals surface area contributed by atoms with E-state index in [9.17, 15) is 18.6 Å². The molecule has 6 nitrogen and oxygen atoms in total. The standard InChI is InChI=1S/C12H20N2O4S/c1-3-12(8-15,9-16)14-10-4-6-11(7-5-10)19(17,18)13-2/h4-7,13-16H,3,8-9H2,1-2H3. The van der Waals surface area contributed by atoms with Gasteiger partial charge in [-0.1, -0.05) is 6.92 Å². The lowest BCUT2D eigenvalue weighted by Gasteiger charge is -2.30. The molecule has 0 aliphatic rings. The molecule has 0 unspecified atom stereocenters. The lowest BCUT2D eigenvalue weighted by atomic mass is 9.98. The summed E-state index contributed by atoms with van der Waals surface area (Å²) < 4.78 is 25.3. The number of rotatable bonds is 7. The number of benzene rings is 1. The van der Waals surface area contributed by atoms with Gasteiger partial charge in [-0.25, -0.2) is 13.1 Å². The van der Waals surface area contributed by atoms with Gasteiger partial charge in [0.05, 0.1) is 23.6 Å². The van der Waals surface area contributed by atoms with E-state index in [2.05, 4.69) is 10.0 Å². The summed E-state index contributed by atoms with van der Waals surface area (Å²) in [6.07, 6.45) is 0.538. The molecule has 0 saturated heterocycles. The molecule has 0 aliphatic heterocycles. The molecule has 0 fully saturated rings. The van der Waals surface area contributed by atoms with Crippen molar-refractivity contribution in [2.75, 3.05) is 25.6 Å². The first-order valence-corrected chi connectivity index (χ1v) is 7.45. The maximum Gasteiger partial charge on any atom is 0.240 e. The number of aliphatic hydroxyl groups excluding tert-OH is 2. The SMILES string of the molecule is CCC(CO)(CO)Nc1ccc(S(=O)(=O)NC)cc1. The summed E-state index contributed by atoms with van der Waals surface area (Å²) in [5, 5.41) is 21.7. The van der Waals surface area contributed by atoms with Gasteiger partial charge in [-0.3, -0.25) is 0 Å². The fourth-order valence-corrected chi connectivity index (χ4v) is 2.31. The Hall–Kier alpha value is -1.15. The van der Waals surface area contributed by atoms with E-state index in [0.717, 1.165) is 0 Å². The number of sulfonamides is 1. The van der Waals surface area contributed by atoms with Crippen molar-refractivity contribution < 1.29 is 18.6 Å². The van der Waals surface area contributed by atoms with Gasteiger partial charge in [0.1, 0.15) is 0 Å². The van der Waals surface area contributed by atoms with Crippen molar-refractivity contribution in [2.45, 2.75) is 23.8 Å². The van der Waals surface area contributed by atoms with Gasteiger partial charge in [0.15, 0.2) is 0 Å². The first-order valence-electron chi connectivity index (χ1n) is 5.96. The summed E-state index contributed by atoms with van der Waals surface area (Å²) in [6, 6.07) is 6.12. The quantitative estimate of drug-likeness (QED) is 0.572. The molecular formula is C12H20N2O4S. The average Bonchev–Trinajstić information content (AvgIpc) is 2.45. The monoisotopic (exact) mass is 288 g/mol. The van der Waals surface area contributed by atoms with Gasteiger partial charge in [0.2, 0.25) is 10.0 Å². The van der Waals surface area contributed by atoms with Crippen molar-refractivity contribution in [1.29, 1.82) is 0 Å². The Kier molecular flexibility index (Phi) is 5.30. The minimum Gasteiger partial charge on any atom is -0.394 e. The van der Waals surface area contributed by atoms with E-state index in [-0.39, 0.29) is 18.1 Å². The van der Waals surface area contributed by atoms with Crippen molar-refractivity contribution >= 4 is 15.7 Å². The zero-order chi connectivity index (χ0) is 14.5. The van der Waals surface area contributed by atoms with Crippen molar-refractivity contribution in [3.05, 3.63) is 24.3 Å². The molecule has 0 amide bonds. The third-order valence-corrected chi connectivity index (χ3v) is 4.56. The number of hydrogen-bond donors (Lipinski definition) is 4. The number of anilines is 1. The Morgan fingerprint density at radius 3 is 2.05 bits per heavy atom. The molecule has 0 radical (unpaired) electrons. The van der Waals surface area contributed by atoms with Crippen LogP contribution < -0.4 is 10.0 Å². The molecule has 0 heterocycles. The summed E-state index contributed by atoms with van der Waals surface area (Å²) >= 11 is 0. The highest BCUT2D eigenvalue weighted by molar-refractivity contribution is 7.89. The molecule has 7 heteroatoms. The molecule has 19 heavy (non-hydrogen) atoms. The highest BCUT2D eigenvalue weighted by Crippen LogP contribution is 2.20.